The number of guanidine groups is 1. The van der Waals surface area contributed by atoms with Crippen LogP contribution in [0.1, 0.15) is 20.3 Å². The molecular weight excluding hydrogens is 445 g/mol. The van der Waals surface area contributed by atoms with E-state index in [1.807, 2.05) is 4.90 Å². The lowest BCUT2D eigenvalue weighted by Crippen LogP contribution is -2.50. The minimum absolute atomic E-state index is 0. The van der Waals surface area contributed by atoms with Crippen LogP contribution in [-0.2, 0) is 4.79 Å². The molecule has 1 saturated heterocycles. The van der Waals surface area contributed by atoms with Crippen LogP contribution >= 0.6 is 24.0 Å². The van der Waals surface area contributed by atoms with Gasteiger partial charge in [0.05, 0.1) is 0 Å². The first-order chi connectivity index (χ1) is 12.1. The molecule has 0 aromatic carbocycles. The fourth-order valence-electron chi connectivity index (χ4n) is 2.58. The van der Waals surface area contributed by atoms with E-state index in [1.54, 1.807) is 25.5 Å². The molecule has 1 aromatic rings. The standard InChI is InChI=1S/C17H29N7O.HI/c1-14(2)13-22-16(18-3)19-8-5-15(25)23-9-11-24(12-10-23)17-20-6-4-7-21-17;/h4,6-7,14H,5,8-13H2,1-3H3,(H2,18,19,22);1H. The van der Waals surface area contributed by atoms with E-state index >= 15 is 0 Å². The molecule has 1 aliphatic heterocycles. The third-order valence-electron chi connectivity index (χ3n) is 4.00. The molecule has 26 heavy (non-hydrogen) atoms. The summed E-state index contributed by atoms with van der Waals surface area (Å²) in [6.45, 7) is 8.67. The molecule has 0 atom stereocenters. The average molecular weight is 475 g/mol. The Kier molecular flexibility index (Phi) is 10.2. The molecule has 146 valence electrons. The second-order valence-electron chi connectivity index (χ2n) is 6.44. The van der Waals surface area contributed by atoms with E-state index in [1.165, 1.54) is 0 Å². The molecule has 2 heterocycles. The van der Waals surface area contributed by atoms with Gasteiger partial charge in [0.2, 0.25) is 11.9 Å². The van der Waals surface area contributed by atoms with Crippen molar-refractivity contribution < 1.29 is 4.79 Å². The number of aliphatic imine (C=N–C) groups is 1. The molecule has 0 saturated carbocycles. The van der Waals surface area contributed by atoms with E-state index in [4.69, 9.17) is 0 Å². The van der Waals surface area contributed by atoms with Gasteiger partial charge >= 0.3 is 0 Å². The molecule has 1 aromatic heterocycles. The zero-order valence-corrected chi connectivity index (χ0v) is 18.1. The highest BCUT2D eigenvalue weighted by Crippen LogP contribution is 2.10. The summed E-state index contributed by atoms with van der Waals surface area (Å²) in [7, 11) is 1.74. The van der Waals surface area contributed by atoms with E-state index in [2.05, 4.69) is 44.3 Å². The van der Waals surface area contributed by atoms with Gasteiger partial charge in [0.25, 0.3) is 0 Å². The summed E-state index contributed by atoms with van der Waals surface area (Å²) in [6, 6.07) is 1.81. The molecule has 9 heteroatoms. The second kappa shape index (κ2) is 11.9. The van der Waals surface area contributed by atoms with Crippen molar-refractivity contribution in [3.05, 3.63) is 18.5 Å². The number of anilines is 1. The topological polar surface area (TPSA) is 85.8 Å². The van der Waals surface area contributed by atoms with Gasteiger partial charge in [-0.3, -0.25) is 9.79 Å². The van der Waals surface area contributed by atoms with E-state index in [0.717, 1.165) is 31.5 Å². The Bertz CT molecular complexity index is 559. The third-order valence-corrected chi connectivity index (χ3v) is 4.00. The van der Waals surface area contributed by atoms with E-state index < -0.39 is 0 Å². The highest BCUT2D eigenvalue weighted by molar-refractivity contribution is 14.0. The number of piperazine rings is 1. The van der Waals surface area contributed by atoms with Gasteiger partial charge in [0.1, 0.15) is 0 Å². The summed E-state index contributed by atoms with van der Waals surface area (Å²) in [4.78, 5) is 29.1. The monoisotopic (exact) mass is 475 g/mol. The number of rotatable bonds is 6. The smallest absolute Gasteiger partial charge is 0.225 e. The molecule has 0 aliphatic carbocycles. The van der Waals surface area contributed by atoms with Crippen LogP contribution in [0.3, 0.4) is 0 Å². The summed E-state index contributed by atoms with van der Waals surface area (Å²) in [6.07, 6.45) is 3.95. The van der Waals surface area contributed by atoms with Crippen molar-refractivity contribution in [1.82, 2.24) is 25.5 Å². The summed E-state index contributed by atoms with van der Waals surface area (Å²) in [5.74, 6) is 2.19. The van der Waals surface area contributed by atoms with Gasteiger partial charge in [0.15, 0.2) is 5.96 Å². The Morgan fingerprint density at radius 2 is 1.85 bits per heavy atom. The molecule has 0 spiro atoms. The van der Waals surface area contributed by atoms with Crippen LogP contribution in [-0.4, -0.2) is 73.1 Å². The van der Waals surface area contributed by atoms with Crippen molar-refractivity contribution in [3.8, 4) is 0 Å². The normalized spacial score (nSPS) is 14.8. The number of hydrogen-bond acceptors (Lipinski definition) is 5. The maximum Gasteiger partial charge on any atom is 0.225 e. The van der Waals surface area contributed by atoms with Crippen molar-refractivity contribution >= 4 is 41.8 Å². The predicted molar refractivity (Wildman–Crippen MR) is 115 cm³/mol. The van der Waals surface area contributed by atoms with Crippen molar-refractivity contribution in [2.75, 3.05) is 51.2 Å². The Morgan fingerprint density at radius 3 is 2.42 bits per heavy atom. The molecule has 1 amide bonds. The lowest BCUT2D eigenvalue weighted by molar-refractivity contribution is -0.131. The van der Waals surface area contributed by atoms with Gasteiger partial charge in [0, 0.05) is 65.1 Å². The molecule has 1 fully saturated rings. The highest BCUT2D eigenvalue weighted by atomic mass is 127. The number of carbonyl (C=O) groups is 1. The number of nitrogens with one attached hydrogen (secondary N) is 2. The number of amides is 1. The third kappa shape index (κ3) is 7.30. The van der Waals surface area contributed by atoms with Crippen LogP contribution < -0.4 is 15.5 Å². The molecule has 0 unspecified atom stereocenters. The van der Waals surface area contributed by atoms with E-state index in [0.29, 0.717) is 32.0 Å². The maximum absolute atomic E-state index is 12.4. The molecule has 1 aliphatic rings. The number of halogens is 1. The zero-order chi connectivity index (χ0) is 18.1. The van der Waals surface area contributed by atoms with E-state index in [-0.39, 0.29) is 29.9 Å². The summed E-state index contributed by atoms with van der Waals surface area (Å²) >= 11 is 0. The Labute approximate surface area is 172 Å². The lowest BCUT2D eigenvalue weighted by atomic mass is 10.2. The summed E-state index contributed by atoms with van der Waals surface area (Å²) in [5.41, 5.74) is 0. The lowest BCUT2D eigenvalue weighted by Gasteiger charge is -2.34. The van der Waals surface area contributed by atoms with Crippen LogP contribution in [0.2, 0.25) is 0 Å². The Morgan fingerprint density at radius 1 is 1.19 bits per heavy atom. The van der Waals surface area contributed by atoms with Gasteiger partial charge in [-0.05, 0) is 12.0 Å². The molecule has 2 N–H and O–H groups in total. The van der Waals surface area contributed by atoms with Crippen LogP contribution in [0.15, 0.2) is 23.5 Å². The fourth-order valence-corrected chi connectivity index (χ4v) is 2.58. The summed E-state index contributed by atoms with van der Waals surface area (Å²) in [5, 5.41) is 6.43. The highest BCUT2D eigenvalue weighted by Gasteiger charge is 2.22. The first kappa shape index (κ1) is 22.4. The zero-order valence-electron chi connectivity index (χ0n) is 15.8. The second-order valence-corrected chi connectivity index (χ2v) is 6.44. The predicted octanol–water partition coefficient (Wildman–Crippen LogP) is 0.954. The van der Waals surface area contributed by atoms with Crippen LogP contribution in [0, 0.1) is 5.92 Å². The molecule has 0 radical (unpaired) electrons. The maximum atomic E-state index is 12.4. The molecular formula is C17H30IN7O. The number of carbonyl (C=O) groups excluding carboxylic acids is 1. The Balaban J connectivity index is 0.00000338. The van der Waals surface area contributed by atoms with Crippen LogP contribution in [0.25, 0.3) is 0 Å². The van der Waals surface area contributed by atoms with Crippen molar-refractivity contribution in [1.29, 1.82) is 0 Å². The van der Waals surface area contributed by atoms with Gasteiger partial charge in [-0.25, -0.2) is 9.97 Å². The van der Waals surface area contributed by atoms with Crippen molar-refractivity contribution in [2.45, 2.75) is 20.3 Å². The minimum atomic E-state index is 0. The van der Waals surface area contributed by atoms with Crippen molar-refractivity contribution in [3.63, 3.8) is 0 Å². The van der Waals surface area contributed by atoms with Gasteiger partial charge in [-0.2, -0.15) is 0 Å². The van der Waals surface area contributed by atoms with Gasteiger partial charge < -0.3 is 20.4 Å². The number of hydrogen-bond donors (Lipinski definition) is 2. The molecule has 0 bridgehead atoms. The summed E-state index contributed by atoms with van der Waals surface area (Å²) < 4.78 is 0. The van der Waals surface area contributed by atoms with E-state index in [9.17, 15) is 4.79 Å². The first-order valence-corrected chi connectivity index (χ1v) is 8.84. The molecule has 8 nitrogen and oxygen atoms in total. The van der Waals surface area contributed by atoms with Crippen molar-refractivity contribution in [2.24, 2.45) is 10.9 Å². The molecule has 2 rings (SSSR count). The SMILES string of the molecule is CN=C(NCCC(=O)N1CCN(c2ncccn2)CC1)NCC(C)C.I. The first-order valence-electron chi connectivity index (χ1n) is 8.84. The fraction of sp³-hybridized carbons (Fsp3) is 0.647. The quantitative estimate of drug-likeness (QED) is 0.362. The van der Waals surface area contributed by atoms with Gasteiger partial charge in [-0.15, -0.1) is 24.0 Å². The number of aromatic nitrogens is 2. The average Bonchev–Trinajstić information content (AvgIpc) is 2.65. The van der Waals surface area contributed by atoms with Gasteiger partial charge in [-0.1, -0.05) is 13.8 Å². The largest absolute Gasteiger partial charge is 0.356 e. The van der Waals surface area contributed by atoms with Crippen LogP contribution in [0.4, 0.5) is 5.95 Å². The number of nitrogens with zero attached hydrogens (tertiary/aromatic N) is 5. The Hall–Kier alpha value is -1.65. The van der Waals surface area contributed by atoms with Crippen LogP contribution in [0.5, 0.6) is 0 Å². The minimum Gasteiger partial charge on any atom is -0.356 e.